The lowest BCUT2D eigenvalue weighted by Crippen LogP contribution is -2.26. The fourth-order valence-corrected chi connectivity index (χ4v) is 4.14. The molecular formula is C23H29BF4N2. The summed E-state index contributed by atoms with van der Waals surface area (Å²) in [7, 11) is -6.00. The van der Waals surface area contributed by atoms with Crippen LogP contribution in [0.1, 0.15) is 44.1 Å². The Morgan fingerprint density at radius 3 is 2.10 bits per heavy atom. The summed E-state index contributed by atoms with van der Waals surface area (Å²) in [5.74, 6) is 0. The molecule has 0 unspecified atom stereocenters. The summed E-state index contributed by atoms with van der Waals surface area (Å²) in [5, 5.41) is 2.69. The first-order valence-corrected chi connectivity index (χ1v) is 10.8. The van der Waals surface area contributed by atoms with Gasteiger partial charge in [0, 0.05) is 32.1 Å². The van der Waals surface area contributed by atoms with Crippen LogP contribution in [-0.4, -0.2) is 49.1 Å². The lowest BCUT2D eigenvalue weighted by molar-refractivity contribution is -0.531. The first-order valence-electron chi connectivity index (χ1n) is 10.8. The molecule has 2 aromatic rings. The molecule has 2 heterocycles. The Balaban J connectivity index is 0.000000461. The van der Waals surface area contributed by atoms with Crippen LogP contribution in [0.15, 0.2) is 48.7 Å². The SMILES string of the molecule is C(/C(=C/N1CCCCC1)c1cccc2ccccc12)=[N+]1CCCCC1.F[B-](F)(F)F. The van der Waals surface area contributed by atoms with Crippen LogP contribution in [-0.2, 0) is 0 Å². The summed E-state index contributed by atoms with van der Waals surface area (Å²) in [4.78, 5) is 2.53. The van der Waals surface area contributed by atoms with Crippen molar-refractivity contribution in [3.63, 3.8) is 0 Å². The molecule has 0 N–H and O–H groups in total. The third-order valence-corrected chi connectivity index (χ3v) is 5.53. The van der Waals surface area contributed by atoms with Gasteiger partial charge < -0.3 is 22.2 Å². The molecule has 0 aromatic heterocycles. The Labute approximate surface area is 176 Å². The van der Waals surface area contributed by atoms with Crippen molar-refractivity contribution in [3.8, 4) is 0 Å². The molecule has 2 fully saturated rings. The predicted octanol–water partition coefficient (Wildman–Crippen LogP) is 6.23. The van der Waals surface area contributed by atoms with Crippen LogP contribution in [0.3, 0.4) is 0 Å². The van der Waals surface area contributed by atoms with Gasteiger partial charge >= 0.3 is 7.25 Å². The number of rotatable bonds is 3. The zero-order valence-electron chi connectivity index (χ0n) is 17.3. The standard InChI is InChI=1S/C23H29N2.BF4/c1-5-14-24(15-6-1)18-21(19-25-16-7-2-8-17-25)23-13-9-11-20-10-3-4-12-22(20)23;2-1(3,4)5/h3-4,9-13,18-19H,1-2,5-8,14-17H2;/q+1;-1. The molecule has 2 aromatic carbocycles. The monoisotopic (exact) mass is 420 g/mol. The van der Waals surface area contributed by atoms with Crippen molar-refractivity contribution in [3.05, 3.63) is 54.2 Å². The number of fused-ring (bicyclic) bond motifs is 1. The van der Waals surface area contributed by atoms with Crippen molar-refractivity contribution in [1.82, 2.24) is 4.90 Å². The molecule has 2 aliphatic heterocycles. The van der Waals surface area contributed by atoms with E-state index in [0.717, 1.165) is 0 Å². The quantitative estimate of drug-likeness (QED) is 0.324. The maximum Gasteiger partial charge on any atom is 0.673 e. The fourth-order valence-electron chi connectivity index (χ4n) is 4.14. The van der Waals surface area contributed by atoms with Crippen molar-refractivity contribution in [2.75, 3.05) is 26.2 Å². The number of allylic oxidation sites excluding steroid dienone is 1. The van der Waals surface area contributed by atoms with Gasteiger partial charge in [-0.15, -0.1) is 0 Å². The van der Waals surface area contributed by atoms with E-state index < -0.39 is 7.25 Å². The minimum absolute atomic E-state index is 1.20. The van der Waals surface area contributed by atoms with Gasteiger partial charge in [-0.2, -0.15) is 0 Å². The zero-order chi connectivity index (χ0) is 21.4. The smallest absolute Gasteiger partial charge is 0.418 e. The maximum atomic E-state index is 9.75. The first-order chi connectivity index (χ1) is 14.4. The second kappa shape index (κ2) is 10.6. The minimum Gasteiger partial charge on any atom is -0.418 e. The third kappa shape index (κ3) is 7.19. The summed E-state index contributed by atoms with van der Waals surface area (Å²) in [6.07, 6.45) is 12.9. The van der Waals surface area contributed by atoms with Crippen molar-refractivity contribution in [2.24, 2.45) is 0 Å². The molecular weight excluding hydrogens is 391 g/mol. The maximum absolute atomic E-state index is 9.75. The van der Waals surface area contributed by atoms with Gasteiger partial charge in [0.15, 0.2) is 6.21 Å². The number of likely N-dealkylation sites (tertiary alicyclic amines) is 1. The van der Waals surface area contributed by atoms with Gasteiger partial charge in [0.2, 0.25) is 0 Å². The van der Waals surface area contributed by atoms with Gasteiger partial charge in [0.1, 0.15) is 13.1 Å². The van der Waals surface area contributed by atoms with Gasteiger partial charge in [0.25, 0.3) is 0 Å². The van der Waals surface area contributed by atoms with E-state index in [4.69, 9.17) is 0 Å². The molecule has 2 saturated heterocycles. The average molecular weight is 420 g/mol. The summed E-state index contributed by atoms with van der Waals surface area (Å²) >= 11 is 0. The minimum atomic E-state index is -6.00. The molecule has 0 atom stereocenters. The molecule has 0 amide bonds. The molecule has 0 aliphatic carbocycles. The molecule has 0 radical (unpaired) electrons. The van der Waals surface area contributed by atoms with Crippen LogP contribution in [0.25, 0.3) is 16.3 Å². The fraction of sp³-hybridized carbons (Fsp3) is 0.435. The van der Waals surface area contributed by atoms with Crippen molar-refractivity contribution in [2.45, 2.75) is 38.5 Å². The number of halogens is 4. The highest BCUT2D eigenvalue weighted by Crippen LogP contribution is 2.25. The Morgan fingerprint density at radius 2 is 1.40 bits per heavy atom. The molecule has 0 spiro atoms. The highest BCUT2D eigenvalue weighted by molar-refractivity contribution is 6.50. The normalized spacial score (nSPS) is 18.1. The molecule has 30 heavy (non-hydrogen) atoms. The summed E-state index contributed by atoms with van der Waals surface area (Å²) in [6.45, 7) is 4.79. The Kier molecular flexibility index (Phi) is 7.94. The van der Waals surface area contributed by atoms with E-state index in [9.17, 15) is 17.3 Å². The molecule has 7 heteroatoms. The van der Waals surface area contributed by atoms with E-state index in [2.05, 4.69) is 64.4 Å². The topological polar surface area (TPSA) is 6.25 Å². The Bertz CT molecular complexity index is 867. The van der Waals surface area contributed by atoms with E-state index in [1.807, 2.05) is 0 Å². The van der Waals surface area contributed by atoms with Crippen molar-refractivity contribution < 1.29 is 21.8 Å². The molecule has 2 aliphatic rings. The van der Waals surface area contributed by atoms with Gasteiger partial charge in [-0.1, -0.05) is 42.5 Å². The van der Waals surface area contributed by atoms with Crippen LogP contribution in [0, 0.1) is 0 Å². The lowest BCUT2D eigenvalue weighted by atomic mass is 9.98. The third-order valence-electron chi connectivity index (χ3n) is 5.53. The van der Waals surface area contributed by atoms with Gasteiger partial charge in [-0.25, -0.2) is 4.58 Å². The van der Waals surface area contributed by atoms with E-state index in [0.29, 0.717) is 0 Å². The number of benzene rings is 2. The van der Waals surface area contributed by atoms with E-state index in [1.165, 1.54) is 86.6 Å². The molecule has 0 saturated carbocycles. The number of piperidine rings is 2. The Morgan fingerprint density at radius 1 is 0.800 bits per heavy atom. The molecule has 4 rings (SSSR count). The summed E-state index contributed by atoms with van der Waals surface area (Å²) in [6, 6.07) is 15.5. The van der Waals surface area contributed by atoms with E-state index >= 15 is 0 Å². The lowest BCUT2D eigenvalue weighted by Gasteiger charge is -2.26. The Hall–Kier alpha value is -2.31. The van der Waals surface area contributed by atoms with Crippen LogP contribution < -0.4 is 0 Å². The van der Waals surface area contributed by atoms with Crippen LogP contribution in [0.2, 0.25) is 0 Å². The van der Waals surface area contributed by atoms with Gasteiger partial charge in [-0.05, 0) is 42.0 Å². The molecule has 2 nitrogen and oxygen atoms in total. The van der Waals surface area contributed by atoms with Gasteiger partial charge in [0.05, 0.1) is 5.57 Å². The highest BCUT2D eigenvalue weighted by atomic mass is 19.5. The summed E-state index contributed by atoms with van der Waals surface area (Å²) in [5.41, 5.74) is 2.75. The molecule has 0 bridgehead atoms. The predicted molar refractivity (Wildman–Crippen MR) is 117 cm³/mol. The van der Waals surface area contributed by atoms with Crippen LogP contribution >= 0.6 is 0 Å². The largest absolute Gasteiger partial charge is 0.673 e. The second-order valence-electron chi connectivity index (χ2n) is 7.93. The van der Waals surface area contributed by atoms with E-state index in [-0.39, 0.29) is 0 Å². The van der Waals surface area contributed by atoms with Crippen molar-refractivity contribution in [1.29, 1.82) is 0 Å². The van der Waals surface area contributed by atoms with Crippen molar-refractivity contribution >= 4 is 29.8 Å². The van der Waals surface area contributed by atoms with Gasteiger partial charge in [-0.3, -0.25) is 0 Å². The number of hydrogen-bond donors (Lipinski definition) is 0. The molecule has 162 valence electrons. The summed E-state index contributed by atoms with van der Waals surface area (Å²) < 4.78 is 41.5. The van der Waals surface area contributed by atoms with Crippen LogP contribution in [0.5, 0.6) is 0 Å². The first kappa shape index (κ1) is 22.4. The zero-order valence-corrected chi connectivity index (χ0v) is 17.3. The number of hydrogen-bond acceptors (Lipinski definition) is 1. The highest BCUT2D eigenvalue weighted by Gasteiger charge is 2.20. The average Bonchev–Trinajstić information content (AvgIpc) is 2.73. The van der Waals surface area contributed by atoms with E-state index in [1.54, 1.807) is 0 Å². The second-order valence-corrected chi connectivity index (χ2v) is 7.93. The number of nitrogens with zero attached hydrogens (tertiary/aromatic N) is 2. The van der Waals surface area contributed by atoms with Crippen LogP contribution in [0.4, 0.5) is 17.3 Å².